The summed E-state index contributed by atoms with van der Waals surface area (Å²) in [7, 11) is 0. The standard InChI is InChI=1S/C38H46FN5O2/c1-8-43(22-28-14-13-27(4)33(19-28)42-26(2)3)23-38(7)17-18-44(24-38)36-35(21-40-25-41-36)46-34-16-15-29(39)20-31(34)30-11-9-10-12-32(30)37(5,6)45/h9-16,19-21,25,42,45H,2,8,17-18,22-24H2,1,3-7H3. The Morgan fingerprint density at radius 3 is 2.65 bits per heavy atom. The van der Waals surface area contributed by atoms with Crippen LogP contribution in [0.1, 0.15) is 57.7 Å². The van der Waals surface area contributed by atoms with Crippen molar-refractivity contribution in [2.24, 2.45) is 5.41 Å². The lowest BCUT2D eigenvalue weighted by molar-refractivity contribution is 0.0792. The number of rotatable bonds is 12. The van der Waals surface area contributed by atoms with Gasteiger partial charge >= 0.3 is 0 Å². The summed E-state index contributed by atoms with van der Waals surface area (Å²) in [5, 5.41) is 14.2. The zero-order valence-corrected chi connectivity index (χ0v) is 27.9. The molecular formula is C38H46FN5O2. The predicted octanol–water partition coefficient (Wildman–Crippen LogP) is 8.29. The monoisotopic (exact) mass is 623 g/mol. The van der Waals surface area contributed by atoms with E-state index in [1.54, 1.807) is 32.4 Å². The molecule has 1 aliphatic heterocycles. The number of aromatic nitrogens is 2. The summed E-state index contributed by atoms with van der Waals surface area (Å²) in [5.41, 5.74) is 5.33. The number of allylic oxidation sites excluding steroid dienone is 1. The normalized spacial score (nSPS) is 16.6. The highest BCUT2D eigenvalue weighted by atomic mass is 19.1. The second-order valence-electron chi connectivity index (χ2n) is 13.4. The molecular weight excluding hydrogens is 577 g/mol. The second kappa shape index (κ2) is 13.6. The number of nitrogens with one attached hydrogen (secondary N) is 1. The molecule has 1 aromatic heterocycles. The van der Waals surface area contributed by atoms with E-state index in [-0.39, 0.29) is 11.2 Å². The second-order valence-corrected chi connectivity index (χ2v) is 13.4. The molecule has 8 heteroatoms. The highest BCUT2D eigenvalue weighted by Gasteiger charge is 2.37. The van der Waals surface area contributed by atoms with Gasteiger partial charge in [0.1, 0.15) is 17.9 Å². The fourth-order valence-corrected chi connectivity index (χ4v) is 6.33. The Morgan fingerprint density at radius 1 is 1.13 bits per heavy atom. The van der Waals surface area contributed by atoms with Gasteiger partial charge in [0.25, 0.3) is 0 Å². The molecule has 3 aromatic carbocycles. The van der Waals surface area contributed by atoms with Crippen LogP contribution in [0.15, 0.2) is 85.5 Å². The molecule has 46 heavy (non-hydrogen) atoms. The minimum Gasteiger partial charge on any atom is -0.451 e. The van der Waals surface area contributed by atoms with Crippen LogP contribution in [0.2, 0.25) is 0 Å². The maximum Gasteiger partial charge on any atom is 0.188 e. The molecule has 242 valence electrons. The van der Waals surface area contributed by atoms with Crippen LogP contribution in [-0.4, -0.2) is 46.2 Å². The Bertz CT molecular complexity index is 1700. The fraction of sp³-hybridized carbons (Fsp3) is 0.368. The zero-order chi connectivity index (χ0) is 33.1. The molecule has 1 aliphatic rings. The van der Waals surface area contributed by atoms with E-state index in [1.165, 1.54) is 23.3 Å². The van der Waals surface area contributed by atoms with Crippen molar-refractivity contribution in [2.75, 3.05) is 36.4 Å². The molecule has 1 unspecified atom stereocenters. The third kappa shape index (κ3) is 7.74. The molecule has 7 nitrogen and oxygen atoms in total. The molecule has 2 N–H and O–H groups in total. The minimum atomic E-state index is -1.13. The van der Waals surface area contributed by atoms with Crippen molar-refractivity contribution >= 4 is 11.5 Å². The lowest BCUT2D eigenvalue weighted by atomic mass is 9.89. The molecule has 0 aliphatic carbocycles. The van der Waals surface area contributed by atoms with E-state index >= 15 is 0 Å². The molecule has 0 amide bonds. The molecule has 1 fully saturated rings. The van der Waals surface area contributed by atoms with Crippen LogP contribution in [0.5, 0.6) is 11.5 Å². The van der Waals surface area contributed by atoms with Gasteiger partial charge in [0, 0.05) is 43.1 Å². The first-order valence-electron chi connectivity index (χ1n) is 15.9. The first kappa shape index (κ1) is 33.1. The number of hydrogen-bond acceptors (Lipinski definition) is 7. The highest BCUT2D eigenvalue weighted by molar-refractivity contribution is 5.75. The third-order valence-corrected chi connectivity index (χ3v) is 8.66. The number of halogens is 1. The van der Waals surface area contributed by atoms with Crippen molar-refractivity contribution in [3.05, 3.63) is 108 Å². The average Bonchev–Trinajstić information content (AvgIpc) is 3.40. The number of nitrogens with zero attached hydrogens (tertiary/aromatic N) is 4. The molecule has 4 aromatic rings. The van der Waals surface area contributed by atoms with Crippen LogP contribution in [-0.2, 0) is 12.1 Å². The third-order valence-electron chi connectivity index (χ3n) is 8.66. The van der Waals surface area contributed by atoms with Crippen LogP contribution in [0.4, 0.5) is 15.9 Å². The Morgan fingerprint density at radius 2 is 1.91 bits per heavy atom. The molecule has 1 atom stereocenters. The summed E-state index contributed by atoms with van der Waals surface area (Å²) >= 11 is 0. The number of aryl methyl sites for hydroxylation is 1. The van der Waals surface area contributed by atoms with E-state index in [0.29, 0.717) is 34.0 Å². The summed E-state index contributed by atoms with van der Waals surface area (Å²) in [5.74, 6) is 1.29. The maximum atomic E-state index is 14.6. The summed E-state index contributed by atoms with van der Waals surface area (Å²) in [4.78, 5) is 13.7. The largest absolute Gasteiger partial charge is 0.451 e. The summed E-state index contributed by atoms with van der Waals surface area (Å²) in [6, 6.07) is 18.5. The first-order chi connectivity index (χ1) is 21.8. The van der Waals surface area contributed by atoms with Gasteiger partial charge in [-0.1, -0.05) is 56.8 Å². The number of hydrogen-bond donors (Lipinski definition) is 2. The number of ether oxygens (including phenoxy) is 1. The number of aliphatic hydroxyl groups is 1. The van der Waals surface area contributed by atoms with Crippen molar-refractivity contribution < 1.29 is 14.2 Å². The molecule has 5 rings (SSSR count). The van der Waals surface area contributed by atoms with Crippen LogP contribution >= 0.6 is 0 Å². The molecule has 0 bridgehead atoms. The molecule has 0 saturated carbocycles. The summed E-state index contributed by atoms with van der Waals surface area (Å²) in [6.07, 6.45) is 4.21. The topological polar surface area (TPSA) is 73.8 Å². The van der Waals surface area contributed by atoms with Crippen LogP contribution < -0.4 is 15.0 Å². The summed E-state index contributed by atoms with van der Waals surface area (Å²) in [6.45, 7) is 20.5. The predicted molar refractivity (Wildman–Crippen MR) is 185 cm³/mol. The van der Waals surface area contributed by atoms with Crippen molar-refractivity contribution in [3.63, 3.8) is 0 Å². The lowest BCUT2D eigenvalue weighted by Crippen LogP contribution is -2.38. The quantitative estimate of drug-likeness (QED) is 0.164. The first-order valence-corrected chi connectivity index (χ1v) is 15.9. The van der Waals surface area contributed by atoms with Gasteiger partial charge in [0.2, 0.25) is 0 Å². The van der Waals surface area contributed by atoms with E-state index < -0.39 is 5.60 Å². The Balaban J connectivity index is 1.35. The van der Waals surface area contributed by atoms with E-state index in [0.717, 1.165) is 50.5 Å². The fourth-order valence-electron chi connectivity index (χ4n) is 6.33. The Hall–Kier alpha value is -4.27. The van der Waals surface area contributed by atoms with Gasteiger partial charge in [-0.2, -0.15) is 0 Å². The minimum absolute atomic E-state index is 0.0361. The smallest absolute Gasteiger partial charge is 0.188 e. The van der Waals surface area contributed by atoms with Gasteiger partial charge in [0.05, 0.1) is 11.8 Å². The van der Waals surface area contributed by atoms with Gasteiger partial charge in [-0.25, -0.2) is 14.4 Å². The SMILES string of the molecule is C=C(C)Nc1cc(CN(CC)CC2(C)CCN(c3ncncc3Oc3ccc(F)cc3-c3ccccc3C(C)(C)O)C2)ccc1C. The Kier molecular flexibility index (Phi) is 9.79. The number of anilines is 2. The zero-order valence-electron chi connectivity index (χ0n) is 27.9. The molecule has 2 heterocycles. The van der Waals surface area contributed by atoms with Crippen molar-refractivity contribution in [1.82, 2.24) is 14.9 Å². The molecule has 1 saturated heterocycles. The van der Waals surface area contributed by atoms with Gasteiger partial charge in [-0.15, -0.1) is 0 Å². The van der Waals surface area contributed by atoms with Crippen molar-refractivity contribution in [1.29, 1.82) is 0 Å². The van der Waals surface area contributed by atoms with Crippen molar-refractivity contribution in [2.45, 2.75) is 60.1 Å². The van der Waals surface area contributed by atoms with Gasteiger partial charge in [-0.05, 0) is 92.6 Å². The molecule has 0 radical (unpaired) electrons. The average molecular weight is 624 g/mol. The van der Waals surface area contributed by atoms with E-state index in [9.17, 15) is 9.50 Å². The van der Waals surface area contributed by atoms with Gasteiger partial charge in [0.15, 0.2) is 11.6 Å². The van der Waals surface area contributed by atoms with Crippen LogP contribution in [0, 0.1) is 18.2 Å². The van der Waals surface area contributed by atoms with E-state index in [1.807, 2.05) is 31.2 Å². The van der Waals surface area contributed by atoms with Crippen molar-refractivity contribution in [3.8, 4) is 22.6 Å². The highest BCUT2D eigenvalue weighted by Crippen LogP contribution is 2.42. The lowest BCUT2D eigenvalue weighted by Gasteiger charge is -2.32. The maximum absolute atomic E-state index is 14.6. The van der Waals surface area contributed by atoms with E-state index in [4.69, 9.17) is 4.74 Å². The van der Waals surface area contributed by atoms with E-state index in [2.05, 4.69) is 70.6 Å². The molecule has 0 spiro atoms. The summed E-state index contributed by atoms with van der Waals surface area (Å²) < 4.78 is 21.1. The number of benzene rings is 3. The van der Waals surface area contributed by atoms with Gasteiger partial charge < -0.3 is 20.1 Å². The Labute approximate surface area is 272 Å². The van der Waals surface area contributed by atoms with Gasteiger partial charge in [-0.3, -0.25) is 4.90 Å². The van der Waals surface area contributed by atoms with Crippen LogP contribution in [0.25, 0.3) is 11.1 Å². The van der Waals surface area contributed by atoms with Crippen LogP contribution in [0.3, 0.4) is 0 Å².